The zero-order valence-electron chi connectivity index (χ0n) is 18.6. The van der Waals surface area contributed by atoms with Crippen molar-refractivity contribution in [2.45, 2.75) is 76.9 Å². The molecule has 4 aliphatic rings. The van der Waals surface area contributed by atoms with Crippen LogP contribution in [-0.2, 0) is 20.7 Å². The molecule has 2 amide bonds. The Balaban J connectivity index is 1.15. The predicted molar refractivity (Wildman–Crippen MR) is 120 cm³/mol. The number of allylic oxidation sites excluding steroid dienone is 4. The number of hydrogen-bond acceptors (Lipinski definition) is 5. The van der Waals surface area contributed by atoms with Crippen molar-refractivity contribution >= 4 is 17.6 Å². The van der Waals surface area contributed by atoms with Crippen LogP contribution in [0.2, 0.25) is 0 Å². The number of nitrogens with zero attached hydrogens (tertiary/aromatic N) is 1. The van der Waals surface area contributed by atoms with E-state index in [1.165, 1.54) is 19.3 Å². The normalized spacial score (nSPS) is 27.1. The third kappa shape index (κ3) is 4.25. The Hall–Kier alpha value is -2.83. The lowest BCUT2D eigenvalue weighted by Gasteiger charge is -2.24. The highest BCUT2D eigenvalue weighted by atomic mass is 16.5. The van der Waals surface area contributed by atoms with Crippen molar-refractivity contribution in [2.24, 2.45) is 11.8 Å². The molecule has 7 heteroatoms. The van der Waals surface area contributed by atoms with Crippen LogP contribution in [0.25, 0.3) is 0 Å². The molecule has 1 aromatic heterocycles. The summed E-state index contributed by atoms with van der Waals surface area (Å²) in [5, 5.41) is 6.00. The summed E-state index contributed by atoms with van der Waals surface area (Å²) in [4.78, 5) is 28.2. The van der Waals surface area contributed by atoms with Gasteiger partial charge in [-0.05, 0) is 31.1 Å². The molecule has 1 saturated heterocycles. The zero-order chi connectivity index (χ0) is 22.1. The number of carbonyl (C=O) groups excluding carboxylic acids is 2. The number of ether oxygens (including phenoxy) is 2. The largest absolute Gasteiger partial charge is 0.492 e. The lowest BCUT2D eigenvalue weighted by molar-refractivity contribution is -0.121. The van der Waals surface area contributed by atoms with Gasteiger partial charge < -0.3 is 20.1 Å². The van der Waals surface area contributed by atoms with E-state index in [0.29, 0.717) is 31.0 Å². The van der Waals surface area contributed by atoms with E-state index < -0.39 is 0 Å². The number of hydrogen-bond donors (Lipinski definition) is 2. The quantitative estimate of drug-likeness (QED) is 0.570. The minimum Gasteiger partial charge on any atom is -0.492 e. The first kappa shape index (κ1) is 21.0. The van der Waals surface area contributed by atoms with Gasteiger partial charge in [-0.3, -0.25) is 9.59 Å². The maximum Gasteiger partial charge on any atom is 0.225 e. The number of nitrogens with one attached hydrogen (secondary N) is 2. The SMILES string of the molecule is CCCCCCCC(=O)N[C@H]1C2OC3=CC=C(Oc4ccnc5c4CCC(=O)N5)CC3[C@H]21. The standard InChI is InChI=1S/C25H31N3O4/c1-2-3-4-5-6-7-20(29)27-23-22-17-14-15(8-10-18(17)32-24(22)23)31-19-12-13-26-25-16(19)9-11-21(30)28-25/h8,10,12-13,17,22-24H,2-7,9,11,14H2,1H3,(H,27,29)(H,26,28,30)/t17?,22-,23+,24?/m0/s1. The Morgan fingerprint density at radius 2 is 2.12 bits per heavy atom. The molecular weight excluding hydrogens is 406 g/mol. The van der Waals surface area contributed by atoms with Gasteiger partial charge in [0.25, 0.3) is 0 Å². The van der Waals surface area contributed by atoms with Crippen LogP contribution in [0.5, 0.6) is 5.75 Å². The Bertz CT molecular complexity index is 970. The first-order valence-corrected chi connectivity index (χ1v) is 12.0. The third-order valence-corrected chi connectivity index (χ3v) is 6.91. The third-order valence-electron chi connectivity index (χ3n) is 6.91. The van der Waals surface area contributed by atoms with Gasteiger partial charge in [-0.2, -0.15) is 0 Å². The van der Waals surface area contributed by atoms with Crippen molar-refractivity contribution in [3.8, 4) is 5.75 Å². The van der Waals surface area contributed by atoms with Crippen LogP contribution >= 0.6 is 0 Å². The summed E-state index contributed by atoms with van der Waals surface area (Å²) in [6.07, 6.45) is 13.9. The lowest BCUT2D eigenvalue weighted by Crippen LogP contribution is -2.31. The maximum atomic E-state index is 12.3. The highest BCUT2D eigenvalue weighted by molar-refractivity contribution is 5.93. The minimum atomic E-state index is -0.0106. The van der Waals surface area contributed by atoms with Crippen molar-refractivity contribution in [3.05, 3.63) is 41.5 Å². The molecule has 2 unspecified atom stereocenters. The van der Waals surface area contributed by atoms with E-state index in [0.717, 1.165) is 42.1 Å². The van der Waals surface area contributed by atoms with Crippen molar-refractivity contribution < 1.29 is 19.1 Å². The molecule has 2 aliphatic carbocycles. The van der Waals surface area contributed by atoms with Gasteiger partial charge in [-0.1, -0.05) is 32.6 Å². The van der Waals surface area contributed by atoms with Gasteiger partial charge in [-0.25, -0.2) is 4.98 Å². The monoisotopic (exact) mass is 437 g/mol. The summed E-state index contributed by atoms with van der Waals surface area (Å²) in [5.41, 5.74) is 0.943. The fraction of sp³-hybridized carbons (Fsp3) is 0.560. The number of amides is 2. The fourth-order valence-corrected chi connectivity index (χ4v) is 5.13. The topological polar surface area (TPSA) is 89.6 Å². The summed E-state index contributed by atoms with van der Waals surface area (Å²) in [6.45, 7) is 2.20. The first-order valence-electron chi connectivity index (χ1n) is 12.0. The Morgan fingerprint density at radius 3 is 3.00 bits per heavy atom. The van der Waals surface area contributed by atoms with E-state index in [-0.39, 0.29) is 29.9 Å². The number of fused-ring (bicyclic) bond motifs is 4. The Kier molecular flexibility index (Phi) is 5.89. The number of pyridine rings is 1. The van der Waals surface area contributed by atoms with Crippen LogP contribution in [0.4, 0.5) is 5.82 Å². The second-order valence-corrected chi connectivity index (χ2v) is 9.22. The van der Waals surface area contributed by atoms with Crippen LogP contribution < -0.4 is 15.4 Å². The second-order valence-electron chi connectivity index (χ2n) is 9.22. The van der Waals surface area contributed by atoms with E-state index in [4.69, 9.17) is 9.47 Å². The molecule has 170 valence electrons. The molecule has 2 fully saturated rings. The molecule has 0 spiro atoms. The lowest BCUT2D eigenvalue weighted by atomic mass is 9.93. The molecule has 4 atom stereocenters. The van der Waals surface area contributed by atoms with Crippen molar-refractivity contribution in [3.63, 3.8) is 0 Å². The Labute approximate surface area is 188 Å². The van der Waals surface area contributed by atoms with Gasteiger partial charge in [-0.15, -0.1) is 0 Å². The molecule has 0 bridgehead atoms. The summed E-state index contributed by atoms with van der Waals surface area (Å²) < 4.78 is 12.3. The maximum absolute atomic E-state index is 12.3. The van der Waals surface area contributed by atoms with Crippen LogP contribution in [-0.4, -0.2) is 28.9 Å². The second kappa shape index (κ2) is 8.96. The molecule has 0 aromatic carbocycles. The summed E-state index contributed by atoms with van der Waals surface area (Å²) in [5.74, 6) is 3.91. The number of aromatic nitrogens is 1. The predicted octanol–water partition coefficient (Wildman–Crippen LogP) is 4.01. The van der Waals surface area contributed by atoms with Crippen LogP contribution in [0.3, 0.4) is 0 Å². The van der Waals surface area contributed by atoms with E-state index in [1.807, 2.05) is 18.2 Å². The number of carbonyl (C=O) groups is 2. The van der Waals surface area contributed by atoms with Gasteiger partial charge >= 0.3 is 0 Å². The molecule has 2 N–H and O–H groups in total. The number of unbranched alkanes of at least 4 members (excludes halogenated alkanes) is 4. The molecular formula is C25H31N3O4. The van der Waals surface area contributed by atoms with Crippen molar-refractivity contribution in [1.82, 2.24) is 10.3 Å². The highest BCUT2D eigenvalue weighted by Gasteiger charge is 2.63. The highest BCUT2D eigenvalue weighted by Crippen LogP contribution is 2.55. The smallest absolute Gasteiger partial charge is 0.225 e. The van der Waals surface area contributed by atoms with Crippen molar-refractivity contribution in [1.29, 1.82) is 0 Å². The molecule has 32 heavy (non-hydrogen) atoms. The molecule has 1 saturated carbocycles. The average Bonchev–Trinajstić information content (AvgIpc) is 3.30. The minimum absolute atomic E-state index is 0.0106. The van der Waals surface area contributed by atoms with Crippen LogP contribution in [0.15, 0.2) is 35.9 Å². The van der Waals surface area contributed by atoms with Crippen molar-refractivity contribution in [2.75, 3.05) is 5.32 Å². The van der Waals surface area contributed by atoms with E-state index in [1.54, 1.807) is 6.20 Å². The Morgan fingerprint density at radius 1 is 1.25 bits per heavy atom. The zero-order valence-corrected chi connectivity index (χ0v) is 18.6. The van der Waals surface area contributed by atoms with E-state index in [2.05, 4.69) is 22.5 Å². The van der Waals surface area contributed by atoms with Gasteiger partial charge in [0, 0.05) is 42.9 Å². The average molecular weight is 438 g/mol. The molecule has 5 rings (SSSR count). The molecule has 0 radical (unpaired) electrons. The fourth-order valence-electron chi connectivity index (χ4n) is 5.13. The molecule has 3 heterocycles. The summed E-state index contributed by atoms with van der Waals surface area (Å²) >= 11 is 0. The van der Waals surface area contributed by atoms with Gasteiger partial charge in [0.15, 0.2) is 0 Å². The molecule has 1 aromatic rings. The summed E-state index contributed by atoms with van der Waals surface area (Å²) in [7, 11) is 0. The van der Waals surface area contributed by atoms with E-state index >= 15 is 0 Å². The van der Waals surface area contributed by atoms with Gasteiger partial charge in [0.05, 0.1) is 6.04 Å². The van der Waals surface area contributed by atoms with Crippen LogP contribution in [0.1, 0.15) is 63.9 Å². The summed E-state index contributed by atoms with van der Waals surface area (Å²) in [6, 6.07) is 1.97. The number of anilines is 1. The number of rotatable bonds is 9. The first-order chi connectivity index (χ1) is 15.6. The van der Waals surface area contributed by atoms with Gasteiger partial charge in [0.2, 0.25) is 11.8 Å². The molecule has 2 aliphatic heterocycles. The molecule has 7 nitrogen and oxygen atoms in total. The van der Waals surface area contributed by atoms with Crippen LogP contribution in [0, 0.1) is 11.8 Å². The van der Waals surface area contributed by atoms with E-state index in [9.17, 15) is 9.59 Å². The van der Waals surface area contributed by atoms with Gasteiger partial charge in [0.1, 0.15) is 29.2 Å².